The van der Waals surface area contributed by atoms with E-state index in [1.54, 1.807) is 7.11 Å². The number of nitrogens with one attached hydrogen (secondary N) is 1. The molecule has 0 radical (unpaired) electrons. The van der Waals surface area contributed by atoms with Crippen molar-refractivity contribution in [2.45, 2.75) is 26.8 Å². The smallest absolute Gasteiger partial charge is 0.270 e. The van der Waals surface area contributed by atoms with Crippen molar-refractivity contribution in [2.75, 3.05) is 43.1 Å². The molecule has 1 saturated heterocycles. The van der Waals surface area contributed by atoms with Gasteiger partial charge in [-0.05, 0) is 49.2 Å². The Morgan fingerprint density at radius 2 is 1.56 bits per heavy atom. The van der Waals surface area contributed by atoms with Crippen molar-refractivity contribution in [2.24, 2.45) is 0 Å². The third kappa shape index (κ3) is 4.87. The van der Waals surface area contributed by atoms with E-state index in [1.165, 1.54) is 16.9 Å². The summed E-state index contributed by atoms with van der Waals surface area (Å²) in [6, 6.07) is 21.0. The molecule has 1 amide bonds. The van der Waals surface area contributed by atoms with Crippen molar-refractivity contribution in [3.8, 4) is 5.75 Å². The van der Waals surface area contributed by atoms with E-state index in [2.05, 4.69) is 75.6 Å². The summed E-state index contributed by atoms with van der Waals surface area (Å²) in [5, 5.41) is 3.07. The number of anilines is 2. The normalized spacial score (nSPS) is 13.8. The minimum Gasteiger partial charge on any atom is -0.497 e. The van der Waals surface area contributed by atoms with Crippen LogP contribution in [0.3, 0.4) is 0 Å². The van der Waals surface area contributed by atoms with Gasteiger partial charge in [-0.15, -0.1) is 0 Å². The number of hydrogen-bond donors (Lipinski definition) is 1. The van der Waals surface area contributed by atoms with Gasteiger partial charge in [0, 0.05) is 56.4 Å². The fourth-order valence-corrected chi connectivity index (χ4v) is 4.76. The highest BCUT2D eigenvalue weighted by atomic mass is 16.5. The molecule has 36 heavy (non-hydrogen) atoms. The highest BCUT2D eigenvalue weighted by molar-refractivity contribution is 5.94. The lowest BCUT2D eigenvalue weighted by Crippen LogP contribution is -2.46. The number of hydrogen-bond acceptors (Lipinski definition) is 5. The number of rotatable bonds is 7. The van der Waals surface area contributed by atoms with Crippen molar-refractivity contribution < 1.29 is 9.53 Å². The number of fused-ring (bicyclic) bond motifs is 1. The second-order valence-corrected chi connectivity index (χ2v) is 9.21. The first-order chi connectivity index (χ1) is 17.6. The van der Waals surface area contributed by atoms with Gasteiger partial charge in [-0.1, -0.05) is 36.8 Å². The summed E-state index contributed by atoms with van der Waals surface area (Å²) < 4.78 is 7.12. The molecule has 0 unspecified atom stereocenters. The van der Waals surface area contributed by atoms with E-state index in [4.69, 9.17) is 4.74 Å². The number of methoxy groups -OCH3 is 1. The van der Waals surface area contributed by atoms with Gasteiger partial charge in [-0.25, -0.2) is 4.98 Å². The van der Waals surface area contributed by atoms with Crippen LogP contribution in [-0.4, -0.2) is 48.6 Å². The molecule has 186 valence electrons. The molecular weight excluding hydrogens is 450 g/mol. The summed E-state index contributed by atoms with van der Waals surface area (Å²) in [6.45, 7) is 8.59. The van der Waals surface area contributed by atoms with E-state index in [0.29, 0.717) is 24.3 Å². The van der Waals surface area contributed by atoms with Gasteiger partial charge in [0.2, 0.25) is 0 Å². The van der Waals surface area contributed by atoms with Gasteiger partial charge in [-0.3, -0.25) is 9.20 Å². The van der Waals surface area contributed by atoms with Crippen LogP contribution >= 0.6 is 0 Å². The summed E-state index contributed by atoms with van der Waals surface area (Å²) in [6.07, 6.45) is 2.52. The standard InChI is InChI=1S/C29H33N5O2/c1-4-26-28(34-14-13-25(36-3)19-27(34)31-26)29(35)30-20-22-7-11-24(12-8-22)33-17-15-32(16-18-33)23-9-5-21(2)6-10-23/h5-14,19H,4,15-18,20H2,1-3H3,(H,30,35). The Kier molecular flexibility index (Phi) is 6.80. The quantitative estimate of drug-likeness (QED) is 0.420. The van der Waals surface area contributed by atoms with Gasteiger partial charge in [0.25, 0.3) is 5.91 Å². The van der Waals surface area contributed by atoms with E-state index >= 15 is 0 Å². The molecule has 0 atom stereocenters. The molecule has 5 rings (SSSR count). The summed E-state index contributed by atoms with van der Waals surface area (Å²) in [4.78, 5) is 22.6. The van der Waals surface area contributed by atoms with Crippen molar-refractivity contribution in [3.63, 3.8) is 0 Å². The van der Waals surface area contributed by atoms with Gasteiger partial charge in [0.15, 0.2) is 0 Å². The number of benzene rings is 2. The highest BCUT2D eigenvalue weighted by Crippen LogP contribution is 2.22. The SMILES string of the molecule is CCc1nc2cc(OC)ccn2c1C(=O)NCc1ccc(N2CCN(c3ccc(C)cc3)CC2)cc1. The predicted molar refractivity (Wildman–Crippen MR) is 144 cm³/mol. The monoisotopic (exact) mass is 483 g/mol. The summed E-state index contributed by atoms with van der Waals surface area (Å²) in [5.41, 5.74) is 6.94. The maximum absolute atomic E-state index is 13.1. The minimum atomic E-state index is -0.124. The lowest BCUT2D eigenvalue weighted by atomic mass is 10.1. The number of pyridine rings is 1. The average molecular weight is 484 g/mol. The number of nitrogens with zero attached hydrogens (tertiary/aromatic N) is 4. The Balaban J connectivity index is 1.19. The Bertz CT molecular complexity index is 1340. The number of imidazole rings is 1. The van der Waals surface area contributed by atoms with Crippen LogP contribution in [0.25, 0.3) is 5.65 Å². The molecule has 1 aliphatic rings. The summed E-state index contributed by atoms with van der Waals surface area (Å²) in [7, 11) is 1.62. The highest BCUT2D eigenvalue weighted by Gasteiger charge is 2.19. The number of ether oxygens (including phenoxy) is 1. The van der Waals surface area contributed by atoms with E-state index in [-0.39, 0.29) is 5.91 Å². The molecule has 1 fully saturated rings. The fraction of sp³-hybridized carbons (Fsp3) is 0.310. The molecule has 1 aliphatic heterocycles. The number of aromatic nitrogens is 2. The average Bonchev–Trinajstić information content (AvgIpc) is 3.30. The molecule has 0 aliphatic carbocycles. The van der Waals surface area contributed by atoms with E-state index in [9.17, 15) is 4.79 Å². The zero-order valence-electron chi connectivity index (χ0n) is 21.2. The van der Waals surface area contributed by atoms with E-state index in [0.717, 1.165) is 43.2 Å². The van der Waals surface area contributed by atoms with Crippen molar-refractivity contribution >= 4 is 22.9 Å². The molecule has 7 nitrogen and oxygen atoms in total. The molecule has 0 spiro atoms. The fourth-order valence-electron chi connectivity index (χ4n) is 4.76. The Morgan fingerprint density at radius 3 is 2.14 bits per heavy atom. The molecule has 1 N–H and O–H groups in total. The maximum Gasteiger partial charge on any atom is 0.270 e. The lowest BCUT2D eigenvalue weighted by molar-refractivity contribution is 0.0944. The van der Waals surface area contributed by atoms with Gasteiger partial charge >= 0.3 is 0 Å². The van der Waals surface area contributed by atoms with Crippen LogP contribution in [-0.2, 0) is 13.0 Å². The first-order valence-corrected chi connectivity index (χ1v) is 12.5. The topological polar surface area (TPSA) is 62.1 Å². The third-order valence-electron chi connectivity index (χ3n) is 6.89. The Hall–Kier alpha value is -4.00. The van der Waals surface area contributed by atoms with Crippen LogP contribution in [0.1, 0.15) is 34.2 Å². The van der Waals surface area contributed by atoms with Crippen LogP contribution in [0.5, 0.6) is 5.75 Å². The van der Waals surface area contributed by atoms with E-state index in [1.807, 2.05) is 29.7 Å². The van der Waals surface area contributed by atoms with Crippen molar-refractivity contribution in [1.82, 2.24) is 14.7 Å². The van der Waals surface area contributed by atoms with Gasteiger partial charge in [-0.2, -0.15) is 0 Å². The first kappa shape index (κ1) is 23.7. The largest absolute Gasteiger partial charge is 0.497 e. The number of carbonyl (C=O) groups is 1. The second-order valence-electron chi connectivity index (χ2n) is 9.21. The second kappa shape index (κ2) is 10.3. The molecule has 4 aromatic rings. The summed E-state index contributed by atoms with van der Waals surface area (Å²) in [5.74, 6) is 0.597. The molecule has 3 heterocycles. The van der Waals surface area contributed by atoms with Crippen molar-refractivity contribution in [1.29, 1.82) is 0 Å². The van der Waals surface area contributed by atoms with Crippen LogP contribution < -0.4 is 19.9 Å². The molecule has 7 heteroatoms. The lowest BCUT2D eigenvalue weighted by Gasteiger charge is -2.37. The molecule has 0 saturated carbocycles. The Morgan fingerprint density at radius 1 is 0.944 bits per heavy atom. The predicted octanol–water partition coefficient (Wildman–Crippen LogP) is 4.47. The van der Waals surface area contributed by atoms with Gasteiger partial charge in [0.1, 0.15) is 17.1 Å². The Labute approximate surface area is 212 Å². The number of piperazine rings is 1. The molecular formula is C29H33N5O2. The van der Waals surface area contributed by atoms with Crippen LogP contribution in [0.15, 0.2) is 66.9 Å². The minimum absolute atomic E-state index is 0.124. The first-order valence-electron chi connectivity index (χ1n) is 12.5. The molecule has 2 aromatic carbocycles. The molecule has 0 bridgehead atoms. The maximum atomic E-state index is 13.1. The molecule has 2 aromatic heterocycles. The van der Waals surface area contributed by atoms with Gasteiger partial charge in [0.05, 0.1) is 12.8 Å². The van der Waals surface area contributed by atoms with E-state index < -0.39 is 0 Å². The van der Waals surface area contributed by atoms with Crippen LogP contribution in [0.4, 0.5) is 11.4 Å². The third-order valence-corrected chi connectivity index (χ3v) is 6.89. The summed E-state index contributed by atoms with van der Waals surface area (Å²) >= 11 is 0. The van der Waals surface area contributed by atoms with Gasteiger partial charge < -0.3 is 19.9 Å². The van der Waals surface area contributed by atoms with Crippen molar-refractivity contribution in [3.05, 3.63) is 89.4 Å². The van der Waals surface area contributed by atoms with Crippen LogP contribution in [0, 0.1) is 6.92 Å². The van der Waals surface area contributed by atoms with Crippen LogP contribution in [0.2, 0.25) is 0 Å². The number of carbonyl (C=O) groups excluding carboxylic acids is 1. The number of amides is 1. The zero-order chi connectivity index (χ0) is 25.1. The zero-order valence-corrected chi connectivity index (χ0v) is 21.2. The number of aryl methyl sites for hydroxylation is 2.